The summed E-state index contributed by atoms with van der Waals surface area (Å²) in [6.07, 6.45) is -0.688. The van der Waals surface area contributed by atoms with Gasteiger partial charge in [-0.25, -0.2) is 4.98 Å². The van der Waals surface area contributed by atoms with Gasteiger partial charge in [0.25, 0.3) is 0 Å². The minimum atomic E-state index is -4.43. The number of aryl methyl sites for hydroxylation is 1. The Labute approximate surface area is 170 Å². The third-order valence-corrected chi connectivity index (χ3v) is 5.20. The maximum atomic E-state index is 12.6. The van der Waals surface area contributed by atoms with Gasteiger partial charge in [-0.2, -0.15) is 18.3 Å². The first-order valence-electron chi connectivity index (χ1n) is 9.11. The quantitative estimate of drug-likeness (QED) is 0.579. The van der Waals surface area contributed by atoms with Crippen LogP contribution in [0.2, 0.25) is 0 Å². The Morgan fingerprint density at radius 2 is 2.17 bits per heavy atom. The topological polar surface area (TPSA) is 78.7 Å². The Hall–Kier alpha value is -2.63. The van der Waals surface area contributed by atoms with Gasteiger partial charge in [0, 0.05) is 51.2 Å². The summed E-state index contributed by atoms with van der Waals surface area (Å²) in [7, 11) is 1.79. The van der Waals surface area contributed by atoms with Crippen LogP contribution in [0.3, 0.4) is 0 Å². The number of carbonyl (C=O) groups excluding carboxylic acids is 1. The van der Waals surface area contributed by atoms with E-state index in [2.05, 4.69) is 20.4 Å². The molecule has 2 aromatic heterocycles. The minimum Gasteiger partial charge on any atom is -0.357 e. The molecular formula is C17H22F3N7OS. The number of alkyl halides is 3. The van der Waals surface area contributed by atoms with Crippen LogP contribution < -0.4 is 10.2 Å². The largest absolute Gasteiger partial charge is 0.434 e. The maximum Gasteiger partial charge on any atom is 0.434 e. The van der Waals surface area contributed by atoms with Gasteiger partial charge in [0.05, 0.1) is 16.9 Å². The number of aliphatic imine (C=N–C) groups is 1. The first kappa shape index (κ1) is 21.1. The lowest BCUT2D eigenvalue weighted by molar-refractivity contribution is -0.140. The van der Waals surface area contributed by atoms with E-state index in [1.165, 1.54) is 0 Å². The lowest BCUT2D eigenvalue weighted by Gasteiger charge is -2.35. The lowest BCUT2D eigenvalue weighted by Crippen LogP contribution is -2.55. The zero-order valence-corrected chi connectivity index (χ0v) is 16.9. The zero-order chi connectivity index (χ0) is 21.0. The average Bonchev–Trinajstić information content (AvgIpc) is 3.30. The van der Waals surface area contributed by atoms with E-state index >= 15 is 0 Å². The summed E-state index contributed by atoms with van der Waals surface area (Å²) in [4.78, 5) is 24.2. The summed E-state index contributed by atoms with van der Waals surface area (Å²) in [5.74, 6) is 0.504. The Kier molecular flexibility index (Phi) is 6.40. The van der Waals surface area contributed by atoms with E-state index in [9.17, 15) is 18.0 Å². The van der Waals surface area contributed by atoms with Gasteiger partial charge >= 0.3 is 6.18 Å². The molecule has 2 aromatic rings. The molecule has 0 aliphatic carbocycles. The third kappa shape index (κ3) is 5.25. The van der Waals surface area contributed by atoms with Crippen molar-refractivity contribution in [3.05, 3.63) is 28.5 Å². The first-order valence-corrected chi connectivity index (χ1v) is 9.99. The van der Waals surface area contributed by atoms with Crippen LogP contribution in [0.5, 0.6) is 0 Å². The van der Waals surface area contributed by atoms with Crippen LogP contribution >= 0.6 is 11.3 Å². The van der Waals surface area contributed by atoms with Crippen molar-refractivity contribution in [3.8, 4) is 0 Å². The Bertz CT molecular complexity index is 877. The molecule has 1 amide bonds. The predicted molar refractivity (Wildman–Crippen MR) is 104 cm³/mol. The van der Waals surface area contributed by atoms with Crippen molar-refractivity contribution in [2.75, 3.05) is 37.6 Å². The fourth-order valence-corrected chi connectivity index (χ4v) is 3.71. The molecular weight excluding hydrogens is 407 g/mol. The Balaban J connectivity index is 1.60. The van der Waals surface area contributed by atoms with E-state index in [0.29, 0.717) is 37.0 Å². The highest BCUT2D eigenvalue weighted by atomic mass is 32.1. The van der Waals surface area contributed by atoms with Gasteiger partial charge in [0.1, 0.15) is 6.54 Å². The number of nitrogens with zero attached hydrogens (tertiary/aromatic N) is 6. The Morgan fingerprint density at radius 3 is 2.76 bits per heavy atom. The second-order valence-corrected chi connectivity index (χ2v) is 7.39. The monoisotopic (exact) mass is 429 g/mol. The summed E-state index contributed by atoms with van der Waals surface area (Å²) in [5, 5.41) is 8.63. The molecule has 158 valence electrons. The molecule has 0 unspecified atom stereocenters. The van der Waals surface area contributed by atoms with Crippen molar-refractivity contribution in [2.24, 2.45) is 12.0 Å². The molecule has 0 saturated carbocycles. The molecule has 8 nitrogen and oxygen atoms in total. The summed E-state index contributed by atoms with van der Waals surface area (Å²) in [6.45, 7) is 4.06. The van der Waals surface area contributed by atoms with Gasteiger partial charge in [-0.1, -0.05) is 0 Å². The lowest BCUT2D eigenvalue weighted by atomic mass is 10.3. The van der Waals surface area contributed by atoms with Gasteiger partial charge in [0.15, 0.2) is 11.7 Å². The number of thiazole rings is 1. The zero-order valence-electron chi connectivity index (χ0n) is 16.1. The number of amides is 1. The van der Waals surface area contributed by atoms with Gasteiger partial charge in [0.2, 0.25) is 5.91 Å². The molecule has 0 spiro atoms. The number of aromatic nitrogens is 3. The second kappa shape index (κ2) is 8.80. The van der Waals surface area contributed by atoms with E-state index in [4.69, 9.17) is 0 Å². The Morgan fingerprint density at radius 1 is 1.38 bits per heavy atom. The number of carbonyl (C=O) groups is 1. The first-order chi connectivity index (χ1) is 13.8. The third-order valence-electron chi connectivity index (χ3n) is 4.29. The molecule has 1 saturated heterocycles. The molecule has 0 radical (unpaired) electrons. The SMILES string of the molecule is CCNC(=NCCc1nc(C(F)(F)F)cs1)N1CCN(c2cnn(C)c2)C(=O)C1. The van der Waals surface area contributed by atoms with Crippen LogP contribution in [-0.2, 0) is 24.4 Å². The van der Waals surface area contributed by atoms with Crippen molar-refractivity contribution in [2.45, 2.75) is 19.5 Å². The van der Waals surface area contributed by atoms with Gasteiger partial charge < -0.3 is 15.1 Å². The fraction of sp³-hybridized carbons (Fsp3) is 0.529. The highest BCUT2D eigenvalue weighted by Crippen LogP contribution is 2.30. The van der Waals surface area contributed by atoms with Crippen LogP contribution in [0.25, 0.3) is 0 Å². The van der Waals surface area contributed by atoms with E-state index in [1.807, 2.05) is 11.8 Å². The molecule has 0 aromatic carbocycles. The molecule has 3 rings (SSSR count). The fourth-order valence-electron chi connectivity index (χ4n) is 2.91. The molecule has 1 aliphatic heterocycles. The number of guanidine groups is 1. The maximum absolute atomic E-state index is 12.6. The molecule has 29 heavy (non-hydrogen) atoms. The molecule has 0 atom stereocenters. The van der Waals surface area contributed by atoms with Gasteiger partial charge in [-0.05, 0) is 6.92 Å². The number of rotatable bonds is 5. The standard InChI is InChI=1S/C17H22F3N7OS/c1-3-21-16(22-5-4-14-24-13(11-29-14)17(18,19)20)26-6-7-27(15(28)10-26)12-8-23-25(2)9-12/h8-9,11H,3-7,10H2,1-2H3,(H,21,22). The van der Waals surface area contributed by atoms with Crippen molar-refractivity contribution < 1.29 is 18.0 Å². The van der Waals surface area contributed by atoms with E-state index in [-0.39, 0.29) is 19.0 Å². The van der Waals surface area contributed by atoms with Crippen molar-refractivity contribution in [1.82, 2.24) is 25.0 Å². The second-order valence-electron chi connectivity index (χ2n) is 6.45. The van der Waals surface area contributed by atoms with E-state index in [1.54, 1.807) is 29.0 Å². The molecule has 12 heteroatoms. The highest BCUT2D eigenvalue weighted by Gasteiger charge is 2.33. The van der Waals surface area contributed by atoms with Crippen molar-refractivity contribution >= 4 is 28.9 Å². The van der Waals surface area contributed by atoms with E-state index < -0.39 is 11.9 Å². The number of hydrogen-bond acceptors (Lipinski definition) is 5. The molecule has 1 fully saturated rings. The molecule has 3 heterocycles. The van der Waals surface area contributed by atoms with Crippen molar-refractivity contribution in [3.63, 3.8) is 0 Å². The van der Waals surface area contributed by atoms with Crippen LogP contribution in [0.4, 0.5) is 18.9 Å². The van der Waals surface area contributed by atoms with Crippen LogP contribution in [-0.4, -0.2) is 64.3 Å². The number of nitrogens with one attached hydrogen (secondary N) is 1. The van der Waals surface area contributed by atoms with E-state index in [0.717, 1.165) is 22.4 Å². The summed E-state index contributed by atoms with van der Waals surface area (Å²) in [6, 6.07) is 0. The average molecular weight is 429 g/mol. The number of anilines is 1. The van der Waals surface area contributed by atoms with Crippen LogP contribution in [0, 0.1) is 0 Å². The number of hydrogen-bond donors (Lipinski definition) is 1. The van der Waals surface area contributed by atoms with Crippen LogP contribution in [0.1, 0.15) is 17.6 Å². The number of halogens is 3. The molecule has 1 aliphatic rings. The summed E-state index contributed by atoms with van der Waals surface area (Å²) >= 11 is 0.974. The van der Waals surface area contributed by atoms with Gasteiger partial charge in [-0.15, -0.1) is 11.3 Å². The van der Waals surface area contributed by atoms with Crippen molar-refractivity contribution in [1.29, 1.82) is 0 Å². The predicted octanol–water partition coefficient (Wildman–Crippen LogP) is 1.75. The minimum absolute atomic E-state index is 0.0652. The van der Waals surface area contributed by atoms with Crippen LogP contribution in [0.15, 0.2) is 22.8 Å². The summed E-state index contributed by atoms with van der Waals surface area (Å²) < 4.78 is 39.6. The summed E-state index contributed by atoms with van der Waals surface area (Å²) in [5.41, 5.74) is -0.117. The van der Waals surface area contributed by atoms with Gasteiger partial charge in [-0.3, -0.25) is 14.5 Å². The smallest absolute Gasteiger partial charge is 0.357 e. The number of piperazine rings is 1. The normalized spacial score (nSPS) is 15.9. The molecule has 1 N–H and O–H groups in total. The highest BCUT2D eigenvalue weighted by molar-refractivity contribution is 7.09. The molecule has 0 bridgehead atoms.